The Morgan fingerprint density at radius 1 is 1.16 bits per heavy atom. The summed E-state index contributed by atoms with van der Waals surface area (Å²) >= 11 is 0. The molecule has 0 atom stereocenters. The van der Waals surface area contributed by atoms with Crippen molar-refractivity contribution in [1.29, 1.82) is 0 Å². The number of carbonyl (C=O) groups is 1. The Balaban J connectivity index is 1.95. The number of anilines is 1. The van der Waals surface area contributed by atoms with Gasteiger partial charge in [0.2, 0.25) is 5.56 Å². The van der Waals surface area contributed by atoms with Crippen molar-refractivity contribution in [3.63, 3.8) is 0 Å². The summed E-state index contributed by atoms with van der Waals surface area (Å²) in [5, 5.41) is 10.3. The molecule has 6 heteroatoms. The minimum atomic E-state index is -0.369. The fraction of sp³-hybridized carbons (Fsp3) is 0. The Bertz CT molecular complexity index is 803. The number of nitrogens with zero attached hydrogens (tertiary/aromatic N) is 1. The summed E-state index contributed by atoms with van der Waals surface area (Å²) in [4.78, 5) is 25.7. The summed E-state index contributed by atoms with van der Waals surface area (Å²) in [5.41, 5.74) is 1.38. The molecule has 0 aliphatic carbocycles. The molecule has 1 amide bonds. The number of carbonyl (C=O) groups excluding carboxylic acids is 1. The van der Waals surface area contributed by atoms with E-state index in [0.717, 1.165) is 10.9 Å². The van der Waals surface area contributed by atoms with Crippen molar-refractivity contribution in [3.05, 3.63) is 58.6 Å². The number of hydrogen-bond acceptors (Lipinski definition) is 3. The van der Waals surface area contributed by atoms with Crippen molar-refractivity contribution >= 4 is 22.5 Å². The molecule has 0 saturated carbocycles. The zero-order chi connectivity index (χ0) is 13.2. The maximum Gasteiger partial charge on any atom is 0.272 e. The summed E-state index contributed by atoms with van der Waals surface area (Å²) in [5.74, 6) is -0.369. The summed E-state index contributed by atoms with van der Waals surface area (Å²) < 4.78 is 0. The van der Waals surface area contributed by atoms with Gasteiger partial charge in [-0.2, -0.15) is 5.10 Å². The minimum Gasteiger partial charge on any atom is -0.320 e. The van der Waals surface area contributed by atoms with Crippen molar-refractivity contribution in [2.75, 3.05) is 5.32 Å². The molecule has 1 aromatic carbocycles. The van der Waals surface area contributed by atoms with E-state index in [-0.39, 0.29) is 17.2 Å². The number of nitrogens with one attached hydrogen (secondary N) is 3. The fourth-order valence-corrected chi connectivity index (χ4v) is 1.85. The first kappa shape index (κ1) is 11.2. The van der Waals surface area contributed by atoms with E-state index in [1.165, 1.54) is 12.1 Å². The second-order valence-electron chi connectivity index (χ2n) is 4.02. The Morgan fingerprint density at radius 3 is 2.84 bits per heavy atom. The van der Waals surface area contributed by atoms with Gasteiger partial charge >= 0.3 is 0 Å². The van der Waals surface area contributed by atoms with Gasteiger partial charge in [-0.25, -0.2) is 0 Å². The molecule has 0 saturated heterocycles. The highest BCUT2D eigenvalue weighted by Crippen LogP contribution is 2.21. The molecule has 0 fully saturated rings. The predicted octanol–water partition coefficient (Wildman–Crippen LogP) is 1.50. The molecule has 6 nitrogen and oxygen atoms in total. The molecular formula is C13H10N4O2. The van der Waals surface area contributed by atoms with E-state index in [0.29, 0.717) is 5.69 Å². The monoisotopic (exact) mass is 254 g/mol. The third kappa shape index (κ3) is 2.11. The number of H-pyrrole nitrogens is 2. The van der Waals surface area contributed by atoms with E-state index in [1.54, 1.807) is 18.3 Å². The van der Waals surface area contributed by atoms with Crippen LogP contribution in [0, 0.1) is 0 Å². The average Bonchev–Trinajstić information content (AvgIpc) is 2.88. The molecule has 19 heavy (non-hydrogen) atoms. The quantitative estimate of drug-likeness (QED) is 0.647. The van der Waals surface area contributed by atoms with Crippen LogP contribution in [0.1, 0.15) is 10.5 Å². The predicted molar refractivity (Wildman–Crippen MR) is 71.1 cm³/mol. The third-order valence-corrected chi connectivity index (χ3v) is 2.75. The molecule has 2 heterocycles. The van der Waals surface area contributed by atoms with Crippen LogP contribution in [-0.2, 0) is 0 Å². The first-order valence-corrected chi connectivity index (χ1v) is 5.67. The topological polar surface area (TPSA) is 90.6 Å². The van der Waals surface area contributed by atoms with Gasteiger partial charge in [-0.1, -0.05) is 12.1 Å². The molecule has 0 unspecified atom stereocenters. The van der Waals surface area contributed by atoms with Crippen LogP contribution in [0.15, 0.2) is 47.4 Å². The van der Waals surface area contributed by atoms with Crippen molar-refractivity contribution in [2.45, 2.75) is 0 Å². The van der Waals surface area contributed by atoms with Crippen molar-refractivity contribution in [3.8, 4) is 0 Å². The highest BCUT2D eigenvalue weighted by molar-refractivity contribution is 6.07. The number of benzene rings is 1. The third-order valence-electron chi connectivity index (χ3n) is 2.75. The number of aromatic nitrogens is 3. The summed E-state index contributed by atoms with van der Waals surface area (Å²) in [7, 11) is 0. The number of fused-ring (bicyclic) bond motifs is 1. The van der Waals surface area contributed by atoms with Crippen LogP contribution in [0.4, 0.5) is 5.69 Å². The lowest BCUT2D eigenvalue weighted by Crippen LogP contribution is -2.17. The lowest BCUT2D eigenvalue weighted by molar-refractivity contribution is 0.102. The highest BCUT2D eigenvalue weighted by Gasteiger charge is 2.09. The molecule has 3 rings (SSSR count). The average molecular weight is 254 g/mol. The van der Waals surface area contributed by atoms with Gasteiger partial charge in [0.25, 0.3) is 5.91 Å². The van der Waals surface area contributed by atoms with E-state index in [4.69, 9.17) is 0 Å². The van der Waals surface area contributed by atoms with Crippen molar-refractivity contribution in [2.24, 2.45) is 0 Å². The maximum atomic E-state index is 12.0. The van der Waals surface area contributed by atoms with Gasteiger partial charge < -0.3 is 10.3 Å². The van der Waals surface area contributed by atoms with E-state index in [1.807, 2.05) is 12.1 Å². The van der Waals surface area contributed by atoms with E-state index in [2.05, 4.69) is 20.5 Å². The SMILES string of the molecule is O=C(Nc1cccc2[nH]ncc12)c1cccc(=O)[nH]1. The summed E-state index contributed by atoms with van der Waals surface area (Å²) in [6.45, 7) is 0. The summed E-state index contributed by atoms with van der Waals surface area (Å²) in [6, 6.07) is 9.88. The van der Waals surface area contributed by atoms with Crippen molar-refractivity contribution in [1.82, 2.24) is 15.2 Å². The molecule has 0 bridgehead atoms. The molecule has 0 radical (unpaired) electrons. The number of amides is 1. The van der Waals surface area contributed by atoms with Crippen LogP contribution >= 0.6 is 0 Å². The second kappa shape index (κ2) is 4.41. The van der Waals surface area contributed by atoms with Gasteiger partial charge in [0.1, 0.15) is 5.69 Å². The Kier molecular flexibility index (Phi) is 2.60. The largest absolute Gasteiger partial charge is 0.320 e. The molecular weight excluding hydrogens is 244 g/mol. The van der Waals surface area contributed by atoms with E-state index < -0.39 is 0 Å². The zero-order valence-electron chi connectivity index (χ0n) is 9.81. The molecule has 2 aromatic heterocycles. The molecule has 0 aliphatic rings. The molecule has 94 valence electrons. The molecule has 0 spiro atoms. The highest BCUT2D eigenvalue weighted by atomic mass is 16.2. The Morgan fingerprint density at radius 2 is 2.00 bits per heavy atom. The zero-order valence-corrected chi connectivity index (χ0v) is 9.81. The van der Waals surface area contributed by atoms with Gasteiger partial charge in [0.05, 0.1) is 17.4 Å². The van der Waals surface area contributed by atoms with Gasteiger partial charge in [-0.3, -0.25) is 14.7 Å². The first-order chi connectivity index (χ1) is 9.24. The summed E-state index contributed by atoms with van der Waals surface area (Å²) in [6.07, 6.45) is 1.64. The van der Waals surface area contributed by atoms with E-state index in [9.17, 15) is 9.59 Å². The second-order valence-corrected chi connectivity index (χ2v) is 4.02. The van der Waals surface area contributed by atoms with Gasteiger partial charge in [0.15, 0.2) is 0 Å². The van der Waals surface area contributed by atoms with Crippen molar-refractivity contribution < 1.29 is 4.79 Å². The van der Waals surface area contributed by atoms with Gasteiger partial charge in [-0.15, -0.1) is 0 Å². The molecule has 3 aromatic rings. The standard InChI is InChI=1S/C13H10N4O2/c18-12-6-2-5-11(15-12)13(19)16-9-3-1-4-10-8(9)7-14-17-10/h1-7H,(H,14,17)(H,15,18)(H,16,19). The minimum absolute atomic E-state index is 0.216. The number of rotatable bonds is 2. The van der Waals surface area contributed by atoms with Crippen LogP contribution in [0.2, 0.25) is 0 Å². The normalized spacial score (nSPS) is 10.5. The number of pyridine rings is 1. The Hall–Kier alpha value is -2.89. The van der Waals surface area contributed by atoms with Crippen LogP contribution in [-0.4, -0.2) is 21.1 Å². The Labute approximate surface area is 107 Å². The maximum absolute atomic E-state index is 12.0. The number of hydrogen-bond donors (Lipinski definition) is 3. The lowest BCUT2D eigenvalue weighted by Gasteiger charge is -2.05. The first-order valence-electron chi connectivity index (χ1n) is 5.67. The van der Waals surface area contributed by atoms with Gasteiger partial charge in [0, 0.05) is 11.5 Å². The number of aromatic amines is 2. The fourth-order valence-electron chi connectivity index (χ4n) is 1.85. The lowest BCUT2D eigenvalue weighted by atomic mass is 10.2. The smallest absolute Gasteiger partial charge is 0.272 e. The van der Waals surface area contributed by atoms with E-state index >= 15 is 0 Å². The van der Waals surface area contributed by atoms with Gasteiger partial charge in [-0.05, 0) is 18.2 Å². The van der Waals surface area contributed by atoms with Crippen LogP contribution in [0.3, 0.4) is 0 Å². The van der Waals surface area contributed by atoms with Crippen LogP contribution in [0.5, 0.6) is 0 Å². The van der Waals surface area contributed by atoms with Crippen LogP contribution in [0.25, 0.3) is 10.9 Å². The molecule has 3 N–H and O–H groups in total. The van der Waals surface area contributed by atoms with Crippen LogP contribution < -0.4 is 10.9 Å². The molecule has 0 aliphatic heterocycles.